The second-order valence-corrected chi connectivity index (χ2v) is 31.8. The molecular weight excluding hydrogens is 1260 g/mol. The van der Waals surface area contributed by atoms with Crippen molar-refractivity contribution in [1.82, 2.24) is 0 Å². The van der Waals surface area contributed by atoms with E-state index in [2.05, 4.69) is 48.5 Å². The summed E-state index contributed by atoms with van der Waals surface area (Å²) in [7, 11) is -9.91. The third kappa shape index (κ3) is 69.2. The van der Waals surface area contributed by atoms with Crippen molar-refractivity contribution >= 4 is 39.5 Å². The molecule has 6 atom stereocenters. The maximum Gasteiger partial charge on any atom is 0.472 e. The van der Waals surface area contributed by atoms with Gasteiger partial charge in [-0.15, -0.1) is 0 Å². The lowest BCUT2D eigenvalue weighted by atomic mass is 9.99. The fraction of sp³-hybridized carbons (Fsp3) is 0.948. The van der Waals surface area contributed by atoms with Crippen LogP contribution in [0.15, 0.2) is 0 Å². The largest absolute Gasteiger partial charge is 0.472 e. The summed E-state index contributed by atoms with van der Waals surface area (Å²) in [5.74, 6) is 0.246. The Labute approximate surface area is 588 Å². The number of hydrogen-bond acceptors (Lipinski definition) is 15. The van der Waals surface area contributed by atoms with Gasteiger partial charge >= 0.3 is 39.5 Å². The Bertz CT molecular complexity index is 1870. The summed E-state index contributed by atoms with van der Waals surface area (Å²) in [6, 6.07) is 0. The smallest absolute Gasteiger partial charge is 0.462 e. The molecule has 19 heteroatoms. The van der Waals surface area contributed by atoms with Crippen molar-refractivity contribution in [3.8, 4) is 0 Å². The molecular formula is C77H150O17P2. The van der Waals surface area contributed by atoms with Gasteiger partial charge in [-0.2, -0.15) is 0 Å². The molecule has 0 bridgehead atoms. The summed E-state index contributed by atoms with van der Waals surface area (Å²) >= 11 is 0. The lowest BCUT2D eigenvalue weighted by Gasteiger charge is -2.21. The number of phosphoric acid groups is 2. The van der Waals surface area contributed by atoms with Gasteiger partial charge in [0.25, 0.3) is 0 Å². The summed E-state index contributed by atoms with van der Waals surface area (Å²) in [6.07, 6.45) is 54.0. The molecule has 3 unspecified atom stereocenters. The summed E-state index contributed by atoms with van der Waals surface area (Å²) < 4.78 is 68.5. The van der Waals surface area contributed by atoms with Crippen molar-refractivity contribution in [1.29, 1.82) is 0 Å². The number of carbonyl (C=O) groups excluding carboxylic acids is 4. The Morgan fingerprint density at radius 1 is 0.302 bits per heavy atom. The maximum absolute atomic E-state index is 13.1. The van der Waals surface area contributed by atoms with Crippen LogP contribution in [0.25, 0.3) is 0 Å². The normalized spacial score (nSPS) is 14.3. The molecule has 0 rings (SSSR count). The van der Waals surface area contributed by atoms with Gasteiger partial charge < -0.3 is 33.8 Å². The summed E-state index contributed by atoms with van der Waals surface area (Å²) in [5.41, 5.74) is 0. The van der Waals surface area contributed by atoms with Crippen molar-refractivity contribution in [3.63, 3.8) is 0 Å². The Morgan fingerprint density at radius 2 is 0.531 bits per heavy atom. The lowest BCUT2D eigenvalue weighted by Crippen LogP contribution is -2.30. The number of phosphoric ester groups is 2. The lowest BCUT2D eigenvalue weighted by molar-refractivity contribution is -0.161. The molecule has 3 N–H and O–H groups in total. The van der Waals surface area contributed by atoms with Gasteiger partial charge in [-0.05, 0) is 43.4 Å². The molecule has 0 saturated carbocycles. The Kier molecular flexibility index (Phi) is 66.2. The van der Waals surface area contributed by atoms with E-state index in [4.69, 9.17) is 37.0 Å². The SMILES string of the molecule is CCCCCCCCCCCCC(=O)OC[C@H](COP(=O)(O)OC[C@H](O)COP(=O)(O)OC[C@@H](COC(=O)CCCCCCCCCCCCCCCCC(C)C)OC(=O)CCCCCCCCCCCCCCCCC(C)CC)OC(=O)CCCCCCCCCCC(C)C. The monoisotopic (exact) mass is 1410 g/mol. The van der Waals surface area contributed by atoms with Crippen molar-refractivity contribution in [2.75, 3.05) is 39.6 Å². The Hall–Kier alpha value is -1.94. The zero-order valence-electron chi connectivity index (χ0n) is 62.8. The highest BCUT2D eigenvalue weighted by molar-refractivity contribution is 7.47. The molecule has 0 radical (unpaired) electrons. The molecule has 17 nitrogen and oxygen atoms in total. The molecule has 0 spiro atoms. The minimum absolute atomic E-state index is 0.105. The minimum atomic E-state index is -4.96. The Morgan fingerprint density at radius 3 is 0.792 bits per heavy atom. The Balaban J connectivity index is 5.23. The molecule has 0 heterocycles. The molecule has 0 aliphatic carbocycles. The van der Waals surface area contributed by atoms with Gasteiger partial charge in [0.2, 0.25) is 0 Å². The summed E-state index contributed by atoms with van der Waals surface area (Å²) in [5, 5.41) is 10.6. The predicted molar refractivity (Wildman–Crippen MR) is 391 cm³/mol. The van der Waals surface area contributed by atoms with Crippen molar-refractivity contribution in [2.24, 2.45) is 17.8 Å². The van der Waals surface area contributed by atoms with Crippen LogP contribution in [0, 0.1) is 17.8 Å². The van der Waals surface area contributed by atoms with Crippen LogP contribution in [0.2, 0.25) is 0 Å². The van der Waals surface area contributed by atoms with Crippen LogP contribution >= 0.6 is 15.6 Å². The van der Waals surface area contributed by atoms with Gasteiger partial charge in [0, 0.05) is 25.7 Å². The third-order valence-electron chi connectivity index (χ3n) is 18.2. The van der Waals surface area contributed by atoms with Gasteiger partial charge in [0.1, 0.15) is 19.3 Å². The topological polar surface area (TPSA) is 237 Å². The van der Waals surface area contributed by atoms with Crippen LogP contribution in [-0.4, -0.2) is 96.7 Å². The second-order valence-electron chi connectivity index (χ2n) is 28.9. The number of rotatable bonds is 75. The molecule has 0 fully saturated rings. The van der Waals surface area contributed by atoms with E-state index >= 15 is 0 Å². The number of unbranched alkanes of at least 4 members (excludes halogenated alkanes) is 42. The molecule has 0 aromatic heterocycles. The van der Waals surface area contributed by atoms with Gasteiger partial charge in [-0.3, -0.25) is 37.3 Å². The number of aliphatic hydroxyl groups excluding tert-OH is 1. The van der Waals surface area contributed by atoms with E-state index in [1.165, 1.54) is 205 Å². The van der Waals surface area contributed by atoms with Crippen molar-refractivity contribution in [2.45, 2.75) is 414 Å². The minimum Gasteiger partial charge on any atom is -0.462 e. The third-order valence-corrected chi connectivity index (χ3v) is 20.1. The quantitative estimate of drug-likeness (QED) is 0.0222. The highest BCUT2D eigenvalue weighted by atomic mass is 31.2. The fourth-order valence-corrected chi connectivity index (χ4v) is 13.3. The standard InChI is InChI=1S/C77H150O17P2/c1-8-10-11-12-13-14-29-37-44-51-58-74(79)87-65-73(94-77(82)61-54-47-40-33-32-35-42-49-56-69(5)6)67-92-96(85,86)90-63-71(78)62-89-95(83,84)91-66-72(64-88-75(80)59-52-45-38-30-25-21-17-15-19-23-27-34-41-48-55-68(3)4)93-76(81)60-53-46-39-31-26-22-18-16-20-24-28-36-43-50-57-70(7)9-2/h68-73,78H,8-67H2,1-7H3,(H,83,84)(H,85,86)/t70?,71-,72-,73-/m1/s1. The second kappa shape index (κ2) is 67.5. The van der Waals surface area contributed by atoms with E-state index in [0.717, 1.165) is 108 Å². The molecule has 96 heavy (non-hydrogen) atoms. The van der Waals surface area contributed by atoms with Crippen LogP contribution in [0.3, 0.4) is 0 Å². The first-order valence-electron chi connectivity index (χ1n) is 39.9. The molecule has 0 aromatic carbocycles. The van der Waals surface area contributed by atoms with Crippen molar-refractivity contribution in [3.05, 3.63) is 0 Å². The highest BCUT2D eigenvalue weighted by Gasteiger charge is 2.30. The van der Waals surface area contributed by atoms with Gasteiger partial charge in [0.15, 0.2) is 12.2 Å². The first-order chi connectivity index (χ1) is 46.3. The molecule has 0 saturated heterocycles. The highest BCUT2D eigenvalue weighted by Crippen LogP contribution is 2.45. The van der Waals surface area contributed by atoms with E-state index in [9.17, 15) is 43.2 Å². The molecule has 570 valence electrons. The number of ether oxygens (including phenoxy) is 4. The van der Waals surface area contributed by atoms with Crippen LogP contribution in [0.5, 0.6) is 0 Å². The van der Waals surface area contributed by atoms with E-state index in [1.807, 2.05) is 0 Å². The zero-order valence-corrected chi connectivity index (χ0v) is 64.6. The number of carbonyl (C=O) groups is 4. The fourth-order valence-electron chi connectivity index (χ4n) is 11.7. The average Bonchev–Trinajstić information content (AvgIpc) is 2.18. The van der Waals surface area contributed by atoms with E-state index < -0.39 is 97.5 Å². The van der Waals surface area contributed by atoms with Crippen LogP contribution in [0.4, 0.5) is 0 Å². The van der Waals surface area contributed by atoms with Crippen LogP contribution in [0.1, 0.15) is 395 Å². The summed E-state index contributed by atoms with van der Waals surface area (Å²) in [6.45, 7) is 11.9. The van der Waals surface area contributed by atoms with Crippen molar-refractivity contribution < 1.29 is 80.2 Å². The van der Waals surface area contributed by atoms with E-state index in [-0.39, 0.29) is 25.7 Å². The number of hydrogen-bond donors (Lipinski definition) is 3. The molecule has 0 aliphatic rings. The number of aliphatic hydroxyl groups is 1. The molecule has 0 aromatic rings. The first-order valence-corrected chi connectivity index (χ1v) is 42.9. The first kappa shape index (κ1) is 94.1. The number of esters is 4. The van der Waals surface area contributed by atoms with Gasteiger partial charge in [-0.25, -0.2) is 9.13 Å². The predicted octanol–water partition coefficient (Wildman–Crippen LogP) is 22.6. The van der Waals surface area contributed by atoms with Gasteiger partial charge in [-0.1, -0.05) is 344 Å². The summed E-state index contributed by atoms with van der Waals surface area (Å²) in [4.78, 5) is 72.8. The van der Waals surface area contributed by atoms with Crippen LogP contribution in [-0.2, 0) is 65.4 Å². The van der Waals surface area contributed by atoms with E-state index in [0.29, 0.717) is 25.7 Å². The van der Waals surface area contributed by atoms with Gasteiger partial charge in [0.05, 0.1) is 26.4 Å². The average molecular weight is 1410 g/mol. The van der Waals surface area contributed by atoms with Crippen LogP contribution < -0.4 is 0 Å². The van der Waals surface area contributed by atoms with E-state index in [1.54, 1.807) is 0 Å². The maximum atomic E-state index is 13.1. The molecule has 0 amide bonds. The molecule has 0 aliphatic heterocycles. The zero-order chi connectivity index (χ0) is 70.9.